The van der Waals surface area contributed by atoms with Gasteiger partial charge in [0.1, 0.15) is 11.5 Å². The molecule has 9 heteroatoms. The van der Waals surface area contributed by atoms with Crippen molar-refractivity contribution in [1.29, 1.82) is 0 Å². The van der Waals surface area contributed by atoms with Crippen LogP contribution < -0.4 is 4.90 Å². The summed E-state index contributed by atoms with van der Waals surface area (Å²) >= 11 is 0. The number of aromatic amines is 1. The van der Waals surface area contributed by atoms with E-state index in [-0.39, 0.29) is 11.6 Å². The third-order valence-electron chi connectivity index (χ3n) is 6.69. The van der Waals surface area contributed by atoms with Gasteiger partial charge in [0.05, 0.1) is 5.75 Å². The van der Waals surface area contributed by atoms with Gasteiger partial charge < -0.3 is 9.88 Å². The van der Waals surface area contributed by atoms with Crippen LogP contribution >= 0.6 is 0 Å². The zero-order chi connectivity index (χ0) is 23.3. The van der Waals surface area contributed by atoms with E-state index in [1.807, 2.05) is 19.2 Å². The topological polar surface area (TPSA) is 72.5 Å². The summed E-state index contributed by atoms with van der Waals surface area (Å²) in [6.07, 6.45) is 4.77. The quantitative estimate of drug-likeness (QED) is 0.621. The van der Waals surface area contributed by atoms with Crippen LogP contribution in [0, 0.1) is 5.82 Å². The van der Waals surface area contributed by atoms with E-state index < -0.39 is 10.0 Å². The number of pyridine rings is 1. The van der Waals surface area contributed by atoms with Crippen LogP contribution in [0.3, 0.4) is 0 Å². The van der Waals surface area contributed by atoms with Gasteiger partial charge in [-0.1, -0.05) is 6.08 Å². The fourth-order valence-electron chi connectivity index (χ4n) is 4.79. The molecule has 174 valence electrons. The smallest absolute Gasteiger partial charge is 0.214 e. The van der Waals surface area contributed by atoms with Gasteiger partial charge in [0.25, 0.3) is 0 Å². The summed E-state index contributed by atoms with van der Waals surface area (Å²) in [5.74, 6) is -0.133. The lowest BCUT2D eigenvalue weighted by Gasteiger charge is -2.27. The van der Waals surface area contributed by atoms with Crippen LogP contribution in [0.15, 0.2) is 36.5 Å². The monoisotopic (exact) mass is 469 g/mol. The summed E-state index contributed by atoms with van der Waals surface area (Å²) in [6, 6.07) is 6.90. The highest BCUT2D eigenvalue weighted by atomic mass is 32.2. The molecule has 0 unspecified atom stereocenters. The SMILES string of the molecule is CN1Cc2c(C3=CCN(CCS(=O)(=O)N(C)C)CC3)[nH]c3nccc(c23)-c2cc(F)ccc21. The molecule has 0 amide bonds. The summed E-state index contributed by atoms with van der Waals surface area (Å²) in [7, 11) is 1.96. The molecule has 0 fully saturated rings. The second kappa shape index (κ2) is 8.23. The number of H-pyrrole nitrogens is 1. The molecule has 0 spiro atoms. The first-order valence-electron chi connectivity index (χ1n) is 11.1. The van der Waals surface area contributed by atoms with Crippen molar-refractivity contribution in [2.75, 3.05) is 51.4 Å². The average molecular weight is 470 g/mol. The number of nitrogens with zero attached hydrogens (tertiary/aromatic N) is 4. The number of hydrogen-bond donors (Lipinski definition) is 1. The fraction of sp³-hybridized carbons (Fsp3) is 0.375. The lowest BCUT2D eigenvalue weighted by Crippen LogP contribution is -2.36. The predicted octanol–water partition coefficient (Wildman–Crippen LogP) is 3.30. The maximum absolute atomic E-state index is 14.1. The molecule has 7 nitrogen and oxygen atoms in total. The minimum absolute atomic E-state index is 0.119. The van der Waals surface area contributed by atoms with Crippen molar-refractivity contribution in [1.82, 2.24) is 19.2 Å². The molecular weight excluding hydrogens is 441 g/mol. The van der Waals surface area contributed by atoms with Crippen molar-refractivity contribution >= 4 is 32.3 Å². The van der Waals surface area contributed by atoms with Gasteiger partial charge in [-0.05, 0) is 41.8 Å². The minimum atomic E-state index is -3.20. The molecule has 0 saturated carbocycles. The Hall–Kier alpha value is -2.75. The molecule has 0 bridgehead atoms. The largest absolute Gasteiger partial charge is 0.370 e. The minimum Gasteiger partial charge on any atom is -0.370 e. The van der Waals surface area contributed by atoms with Crippen molar-refractivity contribution in [3.63, 3.8) is 0 Å². The number of rotatable bonds is 5. The average Bonchev–Trinajstić information content (AvgIpc) is 3.10. The molecule has 0 saturated heterocycles. The van der Waals surface area contributed by atoms with Gasteiger partial charge >= 0.3 is 0 Å². The highest BCUT2D eigenvalue weighted by Gasteiger charge is 2.27. The number of benzene rings is 1. The number of anilines is 1. The standard InChI is InChI=1S/C24H28FN5O2S/c1-28(2)33(31,32)13-12-30-10-7-16(8-11-30)23-20-15-29(3)21-5-4-17(25)14-19(21)18-6-9-26-24(27-23)22(18)20/h4-7,9,14H,8,10-13,15H2,1-3H3,(H,26,27). The summed E-state index contributed by atoms with van der Waals surface area (Å²) in [4.78, 5) is 12.4. The summed E-state index contributed by atoms with van der Waals surface area (Å²) < 4.78 is 39.6. The van der Waals surface area contributed by atoms with Crippen molar-refractivity contribution in [3.8, 4) is 11.1 Å². The van der Waals surface area contributed by atoms with Crippen molar-refractivity contribution in [2.24, 2.45) is 0 Å². The summed E-state index contributed by atoms with van der Waals surface area (Å²) in [6.45, 7) is 2.70. The highest BCUT2D eigenvalue weighted by molar-refractivity contribution is 7.89. The molecule has 1 N–H and O–H groups in total. The van der Waals surface area contributed by atoms with E-state index in [0.717, 1.165) is 46.5 Å². The highest BCUT2D eigenvalue weighted by Crippen LogP contribution is 2.43. The van der Waals surface area contributed by atoms with E-state index in [0.29, 0.717) is 19.6 Å². The molecule has 2 aliphatic rings. The fourth-order valence-corrected chi connectivity index (χ4v) is 5.64. The molecule has 33 heavy (non-hydrogen) atoms. The van der Waals surface area contributed by atoms with Gasteiger partial charge in [-0.3, -0.25) is 4.90 Å². The summed E-state index contributed by atoms with van der Waals surface area (Å²) in [5, 5.41) is 1.05. The number of sulfonamides is 1. The van der Waals surface area contributed by atoms with Gasteiger partial charge in [-0.15, -0.1) is 0 Å². The Balaban J connectivity index is 1.48. The van der Waals surface area contributed by atoms with Crippen LogP contribution in [-0.4, -0.2) is 74.1 Å². The second-order valence-corrected chi connectivity index (χ2v) is 11.3. The molecule has 5 rings (SSSR count). The van der Waals surface area contributed by atoms with Crippen molar-refractivity contribution in [3.05, 3.63) is 53.6 Å². The van der Waals surface area contributed by atoms with Crippen molar-refractivity contribution in [2.45, 2.75) is 13.0 Å². The van der Waals surface area contributed by atoms with Crippen molar-refractivity contribution < 1.29 is 12.8 Å². The normalized spacial score (nSPS) is 16.8. The molecule has 1 aromatic carbocycles. The van der Waals surface area contributed by atoms with Crippen LogP contribution in [-0.2, 0) is 16.6 Å². The van der Waals surface area contributed by atoms with Gasteiger partial charge in [-0.2, -0.15) is 0 Å². The summed E-state index contributed by atoms with van der Waals surface area (Å²) in [5.41, 5.74) is 7.13. The first-order chi connectivity index (χ1) is 15.7. The number of hydrogen-bond acceptors (Lipinski definition) is 5. The lowest BCUT2D eigenvalue weighted by atomic mass is 9.97. The Morgan fingerprint density at radius 2 is 2.03 bits per heavy atom. The van der Waals surface area contributed by atoms with E-state index in [2.05, 4.69) is 25.8 Å². The van der Waals surface area contributed by atoms with E-state index in [1.54, 1.807) is 26.4 Å². The van der Waals surface area contributed by atoms with Crippen LogP contribution in [0.4, 0.5) is 10.1 Å². The van der Waals surface area contributed by atoms with Gasteiger partial charge in [-0.25, -0.2) is 22.1 Å². The molecular formula is C24H28FN5O2S. The Bertz CT molecular complexity index is 1360. The molecule has 0 atom stereocenters. The van der Waals surface area contributed by atoms with E-state index in [9.17, 15) is 12.8 Å². The van der Waals surface area contributed by atoms with E-state index in [4.69, 9.17) is 0 Å². The molecule has 3 aromatic rings. The Morgan fingerprint density at radius 1 is 1.21 bits per heavy atom. The third kappa shape index (κ3) is 3.94. The molecule has 2 aliphatic heterocycles. The third-order valence-corrected chi connectivity index (χ3v) is 8.50. The Kier molecular flexibility index (Phi) is 5.50. The van der Waals surface area contributed by atoms with Gasteiger partial charge in [0.2, 0.25) is 10.0 Å². The Morgan fingerprint density at radius 3 is 2.76 bits per heavy atom. The molecule has 4 heterocycles. The van der Waals surface area contributed by atoms with E-state index >= 15 is 0 Å². The Labute approximate surface area is 193 Å². The zero-order valence-electron chi connectivity index (χ0n) is 19.1. The number of halogens is 1. The number of aromatic nitrogens is 2. The van der Waals surface area contributed by atoms with Gasteiger partial charge in [0.15, 0.2) is 0 Å². The number of fused-ring (bicyclic) bond motifs is 2. The van der Waals surface area contributed by atoms with E-state index in [1.165, 1.54) is 21.5 Å². The number of nitrogens with one attached hydrogen (secondary N) is 1. The van der Waals surface area contributed by atoms with Crippen LogP contribution in [0.2, 0.25) is 0 Å². The van der Waals surface area contributed by atoms with Crippen LogP contribution in [0.25, 0.3) is 27.7 Å². The molecule has 2 aromatic heterocycles. The van der Waals surface area contributed by atoms with Gasteiger partial charge in [0, 0.05) is 81.4 Å². The molecule has 0 aliphatic carbocycles. The van der Waals surface area contributed by atoms with Crippen LogP contribution in [0.5, 0.6) is 0 Å². The first-order valence-corrected chi connectivity index (χ1v) is 12.7. The lowest BCUT2D eigenvalue weighted by molar-refractivity contribution is 0.317. The zero-order valence-corrected chi connectivity index (χ0v) is 19.9. The van der Waals surface area contributed by atoms with Crippen LogP contribution in [0.1, 0.15) is 17.7 Å². The predicted molar refractivity (Wildman–Crippen MR) is 130 cm³/mol. The first kappa shape index (κ1) is 22.1. The maximum atomic E-state index is 14.1. The second-order valence-electron chi connectivity index (χ2n) is 8.96. The molecule has 0 radical (unpaired) electrons. The maximum Gasteiger partial charge on any atom is 0.214 e.